The maximum atomic E-state index is 8.23. The Hall–Kier alpha value is -1.39. The van der Waals surface area contributed by atoms with E-state index in [9.17, 15) is 0 Å². The molecule has 0 spiro atoms. The Bertz CT molecular complexity index is 403. The lowest BCUT2D eigenvalue weighted by atomic mass is 10.2. The number of nitrogens with zero attached hydrogens (tertiary/aromatic N) is 3. The summed E-state index contributed by atoms with van der Waals surface area (Å²) >= 11 is 3.36. The fourth-order valence-corrected chi connectivity index (χ4v) is 1.57. The van der Waals surface area contributed by atoms with Crippen LogP contribution in [0.3, 0.4) is 0 Å². The lowest BCUT2D eigenvalue weighted by Gasteiger charge is -2.10. The molecule has 1 rings (SSSR count). The standard InChI is InChI=1S/C9H10BrN3O2/c1-14-8-3-6(5-12-13-11)7(10)4-9(8)15-2/h3-4H,5H2,1-2H3. The normalized spacial score (nSPS) is 9.27. The van der Waals surface area contributed by atoms with Crippen molar-refractivity contribution in [1.82, 2.24) is 0 Å². The summed E-state index contributed by atoms with van der Waals surface area (Å²) in [6, 6.07) is 3.55. The lowest BCUT2D eigenvalue weighted by Crippen LogP contribution is -1.93. The summed E-state index contributed by atoms with van der Waals surface area (Å²) in [4.78, 5) is 2.70. The third-order valence-electron chi connectivity index (χ3n) is 1.86. The van der Waals surface area contributed by atoms with Crippen LogP contribution in [0.5, 0.6) is 11.5 Å². The number of ether oxygens (including phenoxy) is 2. The van der Waals surface area contributed by atoms with E-state index in [4.69, 9.17) is 15.0 Å². The molecule has 0 aliphatic rings. The van der Waals surface area contributed by atoms with Crippen LogP contribution < -0.4 is 9.47 Å². The molecular formula is C9H10BrN3O2. The van der Waals surface area contributed by atoms with Crippen LogP contribution in [0.2, 0.25) is 0 Å². The third kappa shape index (κ3) is 2.78. The van der Waals surface area contributed by atoms with E-state index < -0.39 is 0 Å². The van der Waals surface area contributed by atoms with Gasteiger partial charge in [-0.05, 0) is 23.2 Å². The van der Waals surface area contributed by atoms with E-state index in [0.717, 1.165) is 10.0 Å². The second-order valence-electron chi connectivity index (χ2n) is 2.69. The summed E-state index contributed by atoms with van der Waals surface area (Å²) in [5.74, 6) is 1.25. The first-order valence-electron chi connectivity index (χ1n) is 4.14. The third-order valence-corrected chi connectivity index (χ3v) is 2.60. The monoisotopic (exact) mass is 271 g/mol. The van der Waals surface area contributed by atoms with Crippen molar-refractivity contribution >= 4 is 15.9 Å². The Morgan fingerprint density at radius 2 is 1.93 bits per heavy atom. The van der Waals surface area contributed by atoms with E-state index >= 15 is 0 Å². The number of azide groups is 1. The SMILES string of the molecule is COc1cc(Br)c(CN=[N+]=[N-])cc1OC. The highest BCUT2D eigenvalue weighted by Gasteiger charge is 2.08. The van der Waals surface area contributed by atoms with E-state index in [1.165, 1.54) is 0 Å². The second-order valence-corrected chi connectivity index (χ2v) is 3.54. The zero-order chi connectivity index (χ0) is 11.3. The Balaban J connectivity index is 3.12. The van der Waals surface area contributed by atoms with Crippen LogP contribution in [0.4, 0.5) is 0 Å². The van der Waals surface area contributed by atoms with Crippen molar-refractivity contribution in [3.05, 3.63) is 32.6 Å². The van der Waals surface area contributed by atoms with Crippen LogP contribution in [0.15, 0.2) is 21.7 Å². The zero-order valence-corrected chi connectivity index (χ0v) is 9.98. The summed E-state index contributed by atoms with van der Waals surface area (Å²) in [5, 5.41) is 3.49. The minimum atomic E-state index is 0.275. The molecule has 15 heavy (non-hydrogen) atoms. The molecule has 0 amide bonds. The van der Waals surface area contributed by atoms with Crippen molar-refractivity contribution in [2.45, 2.75) is 6.54 Å². The molecule has 0 radical (unpaired) electrons. The van der Waals surface area contributed by atoms with Gasteiger partial charge >= 0.3 is 0 Å². The van der Waals surface area contributed by atoms with Gasteiger partial charge in [0.1, 0.15) is 0 Å². The first-order chi connectivity index (χ1) is 7.22. The Kier molecular flexibility index (Phi) is 4.27. The maximum absolute atomic E-state index is 8.23. The maximum Gasteiger partial charge on any atom is 0.161 e. The average molecular weight is 272 g/mol. The lowest BCUT2D eigenvalue weighted by molar-refractivity contribution is 0.354. The van der Waals surface area contributed by atoms with Crippen molar-refractivity contribution in [2.75, 3.05) is 14.2 Å². The largest absolute Gasteiger partial charge is 0.493 e. The number of rotatable bonds is 4. The second kappa shape index (κ2) is 5.48. The fraction of sp³-hybridized carbons (Fsp3) is 0.333. The quantitative estimate of drug-likeness (QED) is 0.479. The van der Waals surface area contributed by atoms with Gasteiger partial charge in [-0.1, -0.05) is 21.0 Å². The number of methoxy groups -OCH3 is 2. The van der Waals surface area contributed by atoms with Crippen LogP contribution in [0.1, 0.15) is 5.56 Å². The summed E-state index contributed by atoms with van der Waals surface area (Å²) < 4.78 is 11.1. The Labute approximate surface area is 95.8 Å². The van der Waals surface area contributed by atoms with Gasteiger partial charge in [0, 0.05) is 9.38 Å². The highest BCUT2D eigenvalue weighted by atomic mass is 79.9. The van der Waals surface area contributed by atoms with Gasteiger partial charge in [-0.15, -0.1) is 0 Å². The van der Waals surface area contributed by atoms with Crippen LogP contribution in [-0.2, 0) is 6.54 Å². The van der Waals surface area contributed by atoms with Gasteiger partial charge in [0.25, 0.3) is 0 Å². The molecule has 0 unspecified atom stereocenters. The molecular weight excluding hydrogens is 262 g/mol. The van der Waals surface area contributed by atoms with E-state index in [1.54, 1.807) is 26.4 Å². The van der Waals surface area contributed by atoms with Crippen LogP contribution in [0, 0.1) is 0 Å². The zero-order valence-electron chi connectivity index (χ0n) is 8.40. The molecule has 1 aromatic carbocycles. The molecule has 0 N–H and O–H groups in total. The predicted molar refractivity (Wildman–Crippen MR) is 60.1 cm³/mol. The van der Waals surface area contributed by atoms with Gasteiger partial charge in [-0.3, -0.25) is 0 Å². The van der Waals surface area contributed by atoms with E-state index in [2.05, 4.69) is 26.0 Å². The smallest absolute Gasteiger partial charge is 0.161 e. The van der Waals surface area contributed by atoms with Gasteiger partial charge in [0.15, 0.2) is 11.5 Å². The van der Waals surface area contributed by atoms with Gasteiger partial charge < -0.3 is 9.47 Å². The first-order valence-corrected chi connectivity index (χ1v) is 4.93. The number of halogens is 1. The predicted octanol–water partition coefficient (Wildman–Crippen LogP) is 3.28. The van der Waals surface area contributed by atoms with Gasteiger partial charge in [0.2, 0.25) is 0 Å². The van der Waals surface area contributed by atoms with E-state index in [1.807, 2.05) is 0 Å². The molecule has 0 fully saturated rings. The minimum absolute atomic E-state index is 0.275. The summed E-state index contributed by atoms with van der Waals surface area (Å²) in [5.41, 5.74) is 9.09. The van der Waals surface area contributed by atoms with Gasteiger partial charge in [-0.25, -0.2) is 0 Å². The number of hydrogen-bond donors (Lipinski definition) is 0. The molecule has 0 aromatic heterocycles. The van der Waals surface area contributed by atoms with Crippen molar-refractivity contribution in [3.63, 3.8) is 0 Å². The molecule has 5 nitrogen and oxygen atoms in total. The minimum Gasteiger partial charge on any atom is -0.493 e. The summed E-state index contributed by atoms with van der Waals surface area (Å²) in [6.07, 6.45) is 0. The summed E-state index contributed by atoms with van der Waals surface area (Å²) in [7, 11) is 3.13. The highest BCUT2D eigenvalue weighted by Crippen LogP contribution is 2.33. The Morgan fingerprint density at radius 1 is 1.33 bits per heavy atom. The van der Waals surface area contributed by atoms with E-state index in [-0.39, 0.29) is 6.54 Å². The topological polar surface area (TPSA) is 67.2 Å². The van der Waals surface area contributed by atoms with Crippen LogP contribution in [-0.4, -0.2) is 14.2 Å². The van der Waals surface area contributed by atoms with Gasteiger partial charge in [0.05, 0.1) is 20.8 Å². The fourth-order valence-electron chi connectivity index (χ4n) is 1.13. The molecule has 0 bridgehead atoms. The van der Waals surface area contributed by atoms with Crippen LogP contribution in [0.25, 0.3) is 10.4 Å². The molecule has 0 aliphatic carbocycles. The number of benzene rings is 1. The first kappa shape index (κ1) is 11.7. The highest BCUT2D eigenvalue weighted by molar-refractivity contribution is 9.10. The molecule has 6 heteroatoms. The molecule has 0 aliphatic heterocycles. The summed E-state index contributed by atoms with van der Waals surface area (Å²) in [6.45, 7) is 0.275. The molecule has 0 heterocycles. The molecule has 0 saturated heterocycles. The average Bonchev–Trinajstić information content (AvgIpc) is 2.27. The van der Waals surface area contributed by atoms with Gasteiger partial charge in [-0.2, -0.15) is 0 Å². The van der Waals surface area contributed by atoms with Crippen molar-refractivity contribution < 1.29 is 9.47 Å². The van der Waals surface area contributed by atoms with Crippen LogP contribution >= 0.6 is 15.9 Å². The Morgan fingerprint density at radius 3 is 2.47 bits per heavy atom. The van der Waals surface area contributed by atoms with Crippen molar-refractivity contribution in [2.24, 2.45) is 5.11 Å². The van der Waals surface area contributed by atoms with E-state index in [0.29, 0.717) is 11.5 Å². The number of hydrogen-bond acceptors (Lipinski definition) is 3. The molecule has 0 saturated carbocycles. The molecule has 0 atom stereocenters. The van der Waals surface area contributed by atoms with Crippen molar-refractivity contribution in [3.8, 4) is 11.5 Å². The van der Waals surface area contributed by atoms with Crippen molar-refractivity contribution in [1.29, 1.82) is 0 Å². The molecule has 80 valence electrons. The molecule has 1 aromatic rings.